The fourth-order valence-corrected chi connectivity index (χ4v) is 3.52. The van der Waals surface area contributed by atoms with Gasteiger partial charge in [-0.25, -0.2) is 0 Å². The number of hydrogen-bond donors (Lipinski definition) is 1. The van der Waals surface area contributed by atoms with Gasteiger partial charge in [0.15, 0.2) is 5.76 Å². The third kappa shape index (κ3) is 4.26. The number of halogens is 1. The molecule has 1 amide bonds. The molecular weight excluding hydrogens is 362 g/mol. The number of fused-ring (bicyclic) bond motifs is 1. The molecule has 140 valence electrons. The number of furan rings is 1. The van der Waals surface area contributed by atoms with Crippen molar-refractivity contribution in [3.05, 3.63) is 65.4 Å². The highest BCUT2D eigenvalue weighted by molar-refractivity contribution is 6.30. The summed E-state index contributed by atoms with van der Waals surface area (Å²) >= 11 is 5.96. The molecule has 2 aromatic carbocycles. The maximum atomic E-state index is 12.3. The molecule has 27 heavy (non-hydrogen) atoms. The van der Waals surface area contributed by atoms with Gasteiger partial charge in [0.1, 0.15) is 5.58 Å². The minimum Gasteiger partial charge on any atom is -0.451 e. The fourth-order valence-electron chi connectivity index (χ4n) is 3.39. The van der Waals surface area contributed by atoms with E-state index >= 15 is 0 Å². The van der Waals surface area contributed by atoms with E-state index in [1.54, 1.807) is 6.07 Å². The molecule has 2 heterocycles. The Hall–Kier alpha value is -2.50. The Balaban J connectivity index is 1.23. The Kier molecular flexibility index (Phi) is 5.32. The van der Waals surface area contributed by atoms with Crippen LogP contribution < -0.4 is 10.2 Å². The minimum atomic E-state index is -0.161. The van der Waals surface area contributed by atoms with Crippen molar-refractivity contribution in [2.24, 2.45) is 0 Å². The van der Waals surface area contributed by atoms with E-state index in [1.165, 1.54) is 5.69 Å². The molecule has 1 N–H and O–H groups in total. The summed E-state index contributed by atoms with van der Waals surface area (Å²) in [7, 11) is 0. The number of hydrogen-bond acceptors (Lipinski definition) is 4. The van der Waals surface area contributed by atoms with Crippen LogP contribution >= 0.6 is 11.6 Å². The average Bonchev–Trinajstić information content (AvgIpc) is 3.14. The number of amides is 1. The van der Waals surface area contributed by atoms with E-state index in [9.17, 15) is 4.79 Å². The molecule has 1 aromatic heterocycles. The monoisotopic (exact) mass is 383 g/mol. The molecule has 0 spiro atoms. The lowest BCUT2D eigenvalue weighted by atomic mass is 10.2. The molecular formula is C21H22ClN3O2. The maximum absolute atomic E-state index is 12.3. The van der Waals surface area contributed by atoms with Crippen LogP contribution in [0.2, 0.25) is 5.02 Å². The topological polar surface area (TPSA) is 48.7 Å². The molecule has 3 aromatic rings. The van der Waals surface area contributed by atoms with Gasteiger partial charge in [0.25, 0.3) is 5.91 Å². The van der Waals surface area contributed by atoms with E-state index in [4.69, 9.17) is 16.0 Å². The Morgan fingerprint density at radius 2 is 1.78 bits per heavy atom. The van der Waals surface area contributed by atoms with Crippen LogP contribution in [0.1, 0.15) is 10.6 Å². The van der Waals surface area contributed by atoms with Crippen molar-refractivity contribution in [3.63, 3.8) is 0 Å². The Bertz CT molecular complexity index is 882. The van der Waals surface area contributed by atoms with Gasteiger partial charge in [-0.3, -0.25) is 9.69 Å². The molecule has 0 unspecified atom stereocenters. The van der Waals surface area contributed by atoms with Gasteiger partial charge in [0.2, 0.25) is 0 Å². The number of piperazine rings is 1. The van der Waals surface area contributed by atoms with Crippen LogP contribution in [0.3, 0.4) is 0 Å². The van der Waals surface area contributed by atoms with Gasteiger partial charge < -0.3 is 14.6 Å². The number of nitrogens with one attached hydrogen (secondary N) is 1. The zero-order chi connectivity index (χ0) is 18.6. The van der Waals surface area contributed by atoms with E-state index in [0.29, 0.717) is 12.3 Å². The highest BCUT2D eigenvalue weighted by Crippen LogP contribution is 2.20. The van der Waals surface area contributed by atoms with Crippen molar-refractivity contribution < 1.29 is 9.21 Å². The fraction of sp³-hybridized carbons (Fsp3) is 0.286. The van der Waals surface area contributed by atoms with Crippen molar-refractivity contribution >= 4 is 34.2 Å². The second kappa shape index (κ2) is 8.03. The summed E-state index contributed by atoms with van der Waals surface area (Å²) in [5.74, 6) is 0.203. The molecule has 1 aliphatic heterocycles. The first-order chi connectivity index (χ1) is 13.2. The van der Waals surface area contributed by atoms with Crippen LogP contribution in [-0.2, 0) is 0 Å². The summed E-state index contributed by atoms with van der Waals surface area (Å²) in [5, 5.41) is 4.66. The first-order valence-corrected chi connectivity index (χ1v) is 9.56. The predicted molar refractivity (Wildman–Crippen MR) is 109 cm³/mol. The Labute approximate surface area is 163 Å². The van der Waals surface area contributed by atoms with E-state index in [1.807, 2.05) is 36.4 Å². The molecule has 1 fully saturated rings. The lowest BCUT2D eigenvalue weighted by Crippen LogP contribution is -2.48. The van der Waals surface area contributed by atoms with Crippen LogP contribution in [-0.4, -0.2) is 50.1 Å². The number of para-hydroxylation sites is 1. The second-order valence-corrected chi connectivity index (χ2v) is 7.15. The summed E-state index contributed by atoms with van der Waals surface area (Å²) < 4.78 is 5.60. The van der Waals surface area contributed by atoms with E-state index in [-0.39, 0.29) is 5.91 Å². The van der Waals surface area contributed by atoms with E-state index in [2.05, 4.69) is 27.2 Å². The zero-order valence-corrected chi connectivity index (χ0v) is 15.8. The molecule has 0 radical (unpaired) electrons. The predicted octanol–water partition coefficient (Wildman–Crippen LogP) is 3.64. The van der Waals surface area contributed by atoms with Crippen LogP contribution in [0.4, 0.5) is 5.69 Å². The van der Waals surface area contributed by atoms with Gasteiger partial charge in [-0.15, -0.1) is 0 Å². The third-order valence-corrected chi connectivity index (χ3v) is 5.18. The van der Waals surface area contributed by atoms with Gasteiger partial charge in [-0.2, -0.15) is 0 Å². The summed E-state index contributed by atoms with van der Waals surface area (Å²) in [6.07, 6.45) is 0. The highest BCUT2D eigenvalue weighted by atomic mass is 35.5. The normalized spacial score (nSPS) is 15.2. The van der Waals surface area contributed by atoms with Gasteiger partial charge in [0, 0.05) is 55.4 Å². The molecule has 0 aliphatic carbocycles. The molecule has 5 nitrogen and oxygen atoms in total. The maximum Gasteiger partial charge on any atom is 0.287 e. The first kappa shape index (κ1) is 17.9. The number of anilines is 1. The standard InChI is InChI=1S/C21H22ClN3O2/c22-17-5-7-18(8-6-17)25-13-11-24(12-14-25)10-9-23-21(26)20-15-16-3-1-2-4-19(16)27-20/h1-8,15H,9-14H2,(H,23,26). The summed E-state index contributed by atoms with van der Waals surface area (Å²) in [6, 6.07) is 17.4. The van der Waals surface area contributed by atoms with E-state index in [0.717, 1.165) is 48.7 Å². The molecule has 1 saturated heterocycles. The lowest BCUT2D eigenvalue weighted by molar-refractivity contribution is 0.0922. The van der Waals surface area contributed by atoms with Crippen molar-refractivity contribution in [1.82, 2.24) is 10.2 Å². The lowest BCUT2D eigenvalue weighted by Gasteiger charge is -2.36. The molecule has 0 bridgehead atoms. The van der Waals surface area contributed by atoms with Crippen molar-refractivity contribution in [2.45, 2.75) is 0 Å². The van der Waals surface area contributed by atoms with Crippen molar-refractivity contribution in [1.29, 1.82) is 0 Å². The largest absolute Gasteiger partial charge is 0.451 e. The summed E-state index contributed by atoms with van der Waals surface area (Å²) in [4.78, 5) is 17.0. The number of rotatable bonds is 5. The molecule has 1 aliphatic rings. The quantitative estimate of drug-likeness (QED) is 0.730. The van der Waals surface area contributed by atoms with Crippen molar-refractivity contribution in [2.75, 3.05) is 44.2 Å². The average molecular weight is 384 g/mol. The van der Waals surface area contributed by atoms with Gasteiger partial charge in [-0.1, -0.05) is 29.8 Å². The van der Waals surface area contributed by atoms with Gasteiger partial charge in [0.05, 0.1) is 0 Å². The molecule has 4 rings (SSSR count). The van der Waals surface area contributed by atoms with Crippen LogP contribution in [0.25, 0.3) is 11.0 Å². The smallest absolute Gasteiger partial charge is 0.287 e. The number of benzene rings is 2. The third-order valence-electron chi connectivity index (χ3n) is 4.93. The van der Waals surface area contributed by atoms with Crippen LogP contribution in [0, 0.1) is 0 Å². The minimum absolute atomic E-state index is 0.161. The number of carbonyl (C=O) groups excluding carboxylic acids is 1. The van der Waals surface area contributed by atoms with Crippen molar-refractivity contribution in [3.8, 4) is 0 Å². The number of carbonyl (C=O) groups is 1. The Morgan fingerprint density at radius 1 is 1.04 bits per heavy atom. The van der Waals surface area contributed by atoms with Gasteiger partial charge in [-0.05, 0) is 36.4 Å². The van der Waals surface area contributed by atoms with Gasteiger partial charge >= 0.3 is 0 Å². The number of nitrogens with zero attached hydrogens (tertiary/aromatic N) is 2. The summed E-state index contributed by atoms with van der Waals surface area (Å²) in [6.45, 7) is 5.34. The van der Waals surface area contributed by atoms with Crippen LogP contribution in [0.5, 0.6) is 0 Å². The first-order valence-electron chi connectivity index (χ1n) is 9.19. The second-order valence-electron chi connectivity index (χ2n) is 6.71. The van der Waals surface area contributed by atoms with Crippen LogP contribution in [0.15, 0.2) is 59.0 Å². The zero-order valence-electron chi connectivity index (χ0n) is 15.0. The summed E-state index contributed by atoms with van der Waals surface area (Å²) in [5.41, 5.74) is 1.94. The van der Waals surface area contributed by atoms with E-state index < -0.39 is 0 Å². The Morgan fingerprint density at radius 3 is 2.52 bits per heavy atom. The molecule has 6 heteroatoms. The SMILES string of the molecule is O=C(NCCN1CCN(c2ccc(Cl)cc2)CC1)c1cc2ccccc2o1. The molecule has 0 atom stereocenters. The highest BCUT2D eigenvalue weighted by Gasteiger charge is 2.17. The molecule has 0 saturated carbocycles.